The third-order valence-electron chi connectivity index (χ3n) is 2.58. The zero-order valence-corrected chi connectivity index (χ0v) is 13.1. The molecule has 3 heteroatoms. The molecular formula is C13H12Br2S. The van der Waals surface area contributed by atoms with Gasteiger partial charge in [-0.05, 0) is 57.9 Å². The normalized spacial score (nSPS) is 12.8. The van der Waals surface area contributed by atoms with Gasteiger partial charge in [0.2, 0.25) is 0 Å². The molecule has 0 radical (unpaired) electrons. The molecule has 0 fully saturated rings. The van der Waals surface area contributed by atoms with Crippen LogP contribution in [0.5, 0.6) is 0 Å². The van der Waals surface area contributed by atoms with Crippen LogP contribution in [0.2, 0.25) is 0 Å². The summed E-state index contributed by atoms with van der Waals surface area (Å²) in [6, 6.07) is 8.77. The minimum Gasteiger partial charge on any atom is -0.136 e. The van der Waals surface area contributed by atoms with Gasteiger partial charge in [-0.1, -0.05) is 39.7 Å². The molecule has 0 nitrogen and oxygen atoms in total. The quantitative estimate of drug-likeness (QED) is 0.611. The number of hydrogen-bond donors (Lipinski definition) is 0. The second-order valence-electron chi connectivity index (χ2n) is 3.91. The topological polar surface area (TPSA) is 0 Å². The Balaban J connectivity index is 2.37. The molecule has 84 valence electrons. The van der Waals surface area contributed by atoms with Crippen molar-refractivity contribution in [3.8, 4) is 0 Å². The summed E-state index contributed by atoms with van der Waals surface area (Å²) in [5, 5.41) is 2.18. The number of benzene rings is 1. The molecular weight excluding hydrogens is 348 g/mol. The van der Waals surface area contributed by atoms with Gasteiger partial charge in [-0.2, -0.15) is 0 Å². The first-order chi connectivity index (χ1) is 7.58. The molecule has 0 aliphatic rings. The Hall–Kier alpha value is -0.120. The molecule has 2 rings (SSSR count). The maximum Gasteiger partial charge on any atom is 0.0701 e. The summed E-state index contributed by atoms with van der Waals surface area (Å²) in [5.74, 6) is 0. The number of thiophene rings is 1. The van der Waals surface area contributed by atoms with Gasteiger partial charge in [0, 0.05) is 0 Å². The molecule has 0 bridgehead atoms. The van der Waals surface area contributed by atoms with Crippen molar-refractivity contribution in [1.82, 2.24) is 0 Å². The zero-order chi connectivity index (χ0) is 11.7. The van der Waals surface area contributed by atoms with E-state index in [-0.39, 0.29) is 4.83 Å². The van der Waals surface area contributed by atoms with Gasteiger partial charge < -0.3 is 0 Å². The molecule has 0 amide bonds. The Kier molecular flexibility index (Phi) is 3.88. The summed E-state index contributed by atoms with van der Waals surface area (Å²) < 4.78 is 1.18. The van der Waals surface area contributed by atoms with Crippen LogP contribution in [-0.4, -0.2) is 0 Å². The predicted octanol–water partition coefficient (Wildman–Crippen LogP) is 5.61. The van der Waals surface area contributed by atoms with E-state index >= 15 is 0 Å². The average Bonchev–Trinajstić information content (AvgIpc) is 2.64. The summed E-state index contributed by atoms with van der Waals surface area (Å²) in [4.78, 5) is 0.288. The molecule has 1 aromatic heterocycles. The molecule has 0 saturated heterocycles. The highest BCUT2D eigenvalue weighted by molar-refractivity contribution is 9.11. The molecule has 2 aromatic rings. The molecule has 0 N–H and O–H groups in total. The molecule has 0 aliphatic heterocycles. The smallest absolute Gasteiger partial charge is 0.0701 e. The number of rotatable bonds is 2. The maximum absolute atomic E-state index is 3.77. The van der Waals surface area contributed by atoms with Crippen molar-refractivity contribution < 1.29 is 0 Å². The van der Waals surface area contributed by atoms with Crippen LogP contribution in [0.1, 0.15) is 27.1 Å². The highest BCUT2D eigenvalue weighted by Crippen LogP contribution is 2.36. The van der Waals surface area contributed by atoms with Crippen LogP contribution in [-0.2, 0) is 0 Å². The Morgan fingerprint density at radius 1 is 1.19 bits per heavy atom. The third kappa shape index (κ3) is 2.58. The van der Waals surface area contributed by atoms with Crippen molar-refractivity contribution >= 4 is 43.2 Å². The lowest BCUT2D eigenvalue weighted by Crippen LogP contribution is -1.94. The molecule has 1 atom stereocenters. The second-order valence-corrected chi connectivity index (χ2v) is 7.11. The summed E-state index contributed by atoms with van der Waals surface area (Å²) in [6.45, 7) is 4.29. The molecule has 1 aromatic carbocycles. The Bertz CT molecular complexity index is 502. The van der Waals surface area contributed by atoms with Crippen LogP contribution in [0.15, 0.2) is 33.4 Å². The van der Waals surface area contributed by atoms with Gasteiger partial charge in [0.25, 0.3) is 0 Å². The van der Waals surface area contributed by atoms with Crippen molar-refractivity contribution in [3.63, 3.8) is 0 Å². The fourth-order valence-electron chi connectivity index (χ4n) is 1.75. The number of hydrogen-bond acceptors (Lipinski definition) is 1. The van der Waals surface area contributed by atoms with Gasteiger partial charge in [0.05, 0.1) is 8.61 Å². The fraction of sp³-hybridized carbons (Fsp3) is 0.231. The Morgan fingerprint density at radius 3 is 2.50 bits per heavy atom. The fourth-order valence-corrected chi connectivity index (χ4v) is 3.90. The average molecular weight is 360 g/mol. The van der Waals surface area contributed by atoms with E-state index in [0.29, 0.717) is 0 Å². The standard InChI is InChI=1S/C13H12Br2S/c1-8-3-4-11(9(2)5-8)13(15)10-6-12(14)16-7-10/h3-7,13H,1-2H3. The van der Waals surface area contributed by atoms with Crippen LogP contribution in [0, 0.1) is 13.8 Å². The van der Waals surface area contributed by atoms with Gasteiger partial charge in [-0.25, -0.2) is 0 Å². The monoisotopic (exact) mass is 358 g/mol. The van der Waals surface area contributed by atoms with E-state index in [1.54, 1.807) is 11.3 Å². The largest absolute Gasteiger partial charge is 0.136 e. The highest BCUT2D eigenvalue weighted by atomic mass is 79.9. The lowest BCUT2D eigenvalue weighted by molar-refractivity contribution is 1.15. The van der Waals surface area contributed by atoms with Crippen molar-refractivity contribution in [2.45, 2.75) is 18.7 Å². The van der Waals surface area contributed by atoms with Gasteiger partial charge in [0.1, 0.15) is 0 Å². The number of aryl methyl sites for hydroxylation is 2. The summed E-state index contributed by atoms with van der Waals surface area (Å²) in [7, 11) is 0. The first-order valence-electron chi connectivity index (χ1n) is 5.03. The van der Waals surface area contributed by atoms with E-state index in [1.807, 2.05) is 0 Å². The van der Waals surface area contributed by atoms with Crippen LogP contribution < -0.4 is 0 Å². The van der Waals surface area contributed by atoms with Gasteiger partial charge >= 0.3 is 0 Å². The number of alkyl halides is 1. The summed E-state index contributed by atoms with van der Waals surface area (Å²) in [6.07, 6.45) is 0. The number of halogens is 2. The van der Waals surface area contributed by atoms with Gasteiger partial charge in [-0.3, -0.25) is 0 Å². The van der Waals surface area contributed by atoms with Crippen LogP contribution in [0.3, 0.4) is 0 Å². The lowest BCUT2D eigenvalue weighted by atomic mass is 10.0. The summed E-state index contributed by atoms with van der Waals surface area (Å²) in [5.41, 5.74) is 5.30. The van der Waals surface area contributed by atoms with E-state index in [4.69, 9.17) is 0 Å². The van der Waals surface area contributed by atoms with E-state index in [9.17, 15) is 0 Å². The van der Waals surface area contributed by atoms with Crippen LogP contribution in [0.25, 0.3) is 0 Å². The minimum atomic E-state index is 0.288. The lowest BCUT2D eigenvalue weighted by Gasteiger charge is -2.12. The van der Waals surface area contributed by atoms with E-state index in [0.717, 1.165) is 0 Å². The second kappa shape index (κ2) is 5.03. The molecule has 1 heterocycles. The van der Waals surface area contributed by atoms with Crippen molar-refractivity contribution in [1.29, 1.82) is 0 Å². The zero-order valence-electron chi connectivity index (χ0n) is 9.13. The van der Waals surface area contributed by atoms with Gasteiger partial charge in [0.15, 0.2) is 0 Å². The van der Waals surface area contributed by atoms with E-state index in [2.05, 4.69) is 75.4 Å². The maximum atomic E-state index is 3.77. The first kappa shape index (κ1) is 12.3. The molecule has 0 spiro atoms. The van der Waals surface area contributed by atoms with Crippen LogP contribution in [0.4, 0.5) is 0 Å². The molecule has 0 aliphatic carbocycles. The van der Waals surface area contributed by atoms with Gasteiger partial charge in [-0.15, -0.1) is 11.3 Å². The predicted molar refractivity (Wildman–Crippen MR) is 78.7 cm³/mol. The minimum absolute atomic E-state index is 0.288. The first-order valence-corrected chi connectivity index (χ1v) is 7.62. The van der Waals surface area contributed by atoms with Crippen molar-refractivity contribution in [2.24, 2.45) is 0 Å². The molecule has 16 heavy (non-hydrogen) atoms. The SMILES string of the molecule is Cc1ccc(C(Br)c2csc(Br)c2)c(C)c1. The Morgan fingerprint density at radius 2 is 1.94 bits per heavy atom. The Labute approximate surface area is 117 Å². The van der Waals surface area contributed by atoms with Crippen molar-refractivity contribution in [3.05, 3.63) is 55.7 Å². The molecule has 0 saturated carbocycles. The van der Waals surface area contributed by atoms with Crippen molar-refractivity contribution in [2.75, 3.05) is 0 Å². The third-order valence-corrected chi connectivity index (χ3v) is 5.12. The molecule has 1 unspecified atom stereocenters. The van der Waals surface area contributed by atoms with E-state index in [1.165, 1.54) is 26.0 Å². The van der Waals surface area contributed by atoms with Crippen LogP contribution >= 0.6 is 43.2 Å². The van der Waals surface area contributed by atoms with E-state index < -0.39 is 0 Å². The highest BCUT2D eigenvalue weighted by Gasteiger charge is 2.13. The summed E-state index contributed by atoms with van der Waals surface area (Å²) >= 11 is 8.99.